The summed E-state index contributed by atoms with van der Waals surface area (Å²) in [7, 11) is 0. The molecular weight excluding hydrogens is 332 g/mol. The fourth-order valence-corrected chi connectivity index (χ4v) is 2.71. The van der Waals surface area contributed by atoms with Crippen LogP contribution in [0.15, 0.2) is 22.7 Å². The molecule has 3 N–H and O–H groups in total. The average Bonchev–Trinajstić information content (AvgIpc) is 3.26. The van der Waals surface area contributed by atoms with Gasteiger partial charge >= 0.3 is 0 Å². The lowest BCUT2D eigenvalue weighted by atomic mass is 10.0. The minimum Gasteiger partial charge on any atom is -0.508 e. The standard InChI is InChI=1S/C16H23BrN2O2/c1-2-14(13-10-11(17)5-8-15(13)20)18-9-3-4-16(21)19-12-6-7-12/h5,8,10,12,14,18,20H,2-4,6-7,9H2,1H3,(H,19,21). The molecule has 1 aromatic carbocycles. The SMILES string of the molecule is CCC(NCCCC(=O)NC1CC1)c1cc(Br)ccc1O. The van der Waals surface area contributed by atoms with Crippen molar-refractivity contribution in [2.24, 2.45) is 0 Å². The second kappa shape index (κ2) is 7.80. The lowest BCUT2D eigenvalue weighted by Crippen LogP contribution is -2.27. The van der Waals surface area contributed by atoms with Crippen LogP contribution < -0.4 is 10.6 Å². The molecule has 1 aromatic rings. The molecule has 0 radical (unpaired) electrons. The number of hydrogen-bond donors (Lipinski definition) is 3. The summed E-state index contributed by atoms with van der Waals surface area (Å²) >= 11 is 3.43. The zero-order valence-electron chi connectivity index (χ0n) is 12.4. The van der Waals surface area contributed by atoms with Gasteiger partial charge in [0.05, 0.1) is 0 Å². The number of nitrogens with one attached hydrogen (secondary N) is 2. The fourth-order valence-electron chi connectivity index (χ4n) is 2.33. The van der Waals surface area contributed by atoms with Gasteiger partial charge in [-0.1, -0.05) is 22.9 Å². The highest BCUT2D eigenvalue weighted by atomic mass is 79.9. The van der Waals surface area contributed by atoms with Crippen LogP contribution in [0.4, 0.5) is 0 Å². The van der Waals surface area contributed by atoms with Crippen LogP contribution in [0.25, 0.3) is 0 Å². The Labute approximate surface area is 134 Å². The molecule has 5 heteroatoms. The summed E-state index contributed by atoms with van der Waals surface area (Å²) in [5, 5.41) is 16.4. The fraction of sp³-hybridized carbons (Fsp3) is 0.562. The third-order valence-corrected chi connectivity index (χ3v) is 4.18. The Morgan fingerprint density at radius 1 is 1.48 bits per heavy atom. The van der Waals surface area contributed by atoms with E-state index in [2.05, 4.69) is 33.5 Å². The normalized spacial score (nSPS) is 15.7. The predicted molar refractivity (Wildman–Crippen MR) is 87.2 cm³/mol. The van der Waals surface area contributed by atoms with Crippen molar-refractivity contribution >= 4 is 21.8 Å². The van der Waals surface area contributed by atoms with E-state index in [9.17, 15) is 9.90 Å². The van der Waals surface area contributed by atoms with Gasteiger partial charge in [-0.25, -0.2) is 0 Å². The number of benzene rings is 1. The topological polar surface area (TPSA) is 61.4 Å². The van der Waals surface area contributed by atoms with Gasteiger partial charge in [0, 0.05) is 28.5 Å². The highest BCUT2D eigenvalue weighted by Crippen LogP contribution is 2.29. The maximum atomic E-state index is 11.6. The number of hydrogen-bond acceptors (Lipinski definition) is 3. The third kappa shape index (κ3) is 5.32. The first kappa shape index (κ1) is 16.3. The smallest absolute Gasteiger partial charge is 0.220 e. The molecule has 1 saturated carbocycles. The van der Waals surface area contributed by atoms with Crippen molar-refractivity contribution in [1.82, 2.24) is 10.6 Å². The van der Waals surface area contributed by atoms with E-state index in [4.69, 9.17) is 0 Å². The van der Waals surface area contributed by atoms with Gasteiger partial charge < -0.3 is 15.7 Å². The molecule has 2 rings (SSSR count). The largest absolute Gasteiger partial charge is 0.508 e. The van der Waals surface area contributed by atoms with E-state index < -0.39 is 0 Å². The number of carbonyl (C=O) groups is 1. The molecule has 1 aliphatic rings. The first-order valence-electron chi connectivity index (χ1n) is 7.61. The lowest BCUT2D eigenvalue weighted by Gasteiger charge is -2.19. The molecule has 1 unspecified atom stereocenters. The quantitative estimate of drug-likeness (QED) is 0.628. The van der Waals surface area contributed by atoms with Gasteiger partial charge in [0.2, 0.25) is 5.91 Å². The minimum absolute atomic E-state index is 0.106. The van der Waals surface area contributed by atoms with E-state index in [1.165, 1.54) is 0 Å². The van der Waals surface area contributed by atoms with Crippen LogP contribution in [0.5, 0.6) is 5.75 Å². The van der Waals surface area contributed by atoms with Crippen LogP contribution in [0, 0.1) is 0 Å². The van der Waals surface area contributed by atoms with Crippen LogP contribution >= 0.6 is 15.9 Å². The van der Waals surface area contributed by atoms with Crippen molar-refractivity contribution in [2.45, 2.75) is 51.1 Å². The third-order valence-electron chi connectivity index (χ3n) is 3.69. The molecule has 21 heavy (non-hydrogen) atoms. The number of phenolic OH excluding ortho intramolecular Hbond substituents is 1. The number of phenols is 1. The minimum atomic E-state index is 0.106. The average molecular weight is 355 g/mol. The van der Waals surface area contributed by atoms with Gasteiger partial charge in [-0.05, 0) is 50.4 Å². The van der Waals surface area contributed by atoms with Crippen molar-refractivity contribution in [3.05, 3.63) is 28.2 Å². The van der Waals surface area contributed by atoms with Gasteiger partial charge in [0.25, 0.3) is 0 Å². The van der Waals surface area contributed by atoms with Crippen LogP contribution in [0.3, 0.4) is 0 Å². The summed E-state index contributed by atoms with van der Waals surface area (Å²) < 4.78 is 0.958. The first-order chi connectivity index (χ1) is 10.1. The van der Waals surface area contributed by atoms with Gasteiger partial charge in [-0.2, -0.15) is 0 Å². The summed E-state index contributed by atoms with van der Waals surface area (Å²) in [6.07, 6.45) is 4.51. The van der Waals surface area contributed by atoms with Crippen molar-refractivity contribution < 1.29 is 9.90 Å². The van der Waals surface area contributed by atoms with Gasteiger partial charge in [0.1, 0.15) is 5.75 Å². The maximum absolute atomic E-state index is 11.6. The zero-order valence-corrected chi connectivity index (χ0v) is 13.9. The number of aromatic hydroxyl groups is 1. The molecule has 1 aliphatic carbocycles. The highest BCUT2D eigenvalue weighted by molar-refractivity contribution is 9.10. The van der Waals surface area contributed by atoms with E-state index >= 15 is 0 Å². The van der Waals surface area contributed by atoms with Crippen LogP contribution in [-0.4, -0.2) is 23.6 Å². The van der Waals surface area contributed by atoms with E-state index in [1.807, 2.05) is 12.1 Å². The Kier molecular flexibility index (Phi) is 6.06. The molecule has 0 spiro atoms. The predicted octanol–water partition coefficient (Wildman–Crippen LogP) is 3.25. The molecule has 0 heterocycles. The van der Waals surface area contributed by atoms with E-state index in [1.54, 1.807) is 6.07 Å². The summed E-state index contributed by atoms with van der Waals surface area (Å²) in [6.45, 7) is 2.85. The molecule has 0 aliphatic heterocycles. The molecule has 4 nitrogen and oxygen atoms in total. The Hall–Kier alpha value is -1.07. The molecule has 1 fully saturated rings. The van der Waals surface area contributed by atoms with Crippen molar-refractivity contribution in [2.75, 3.05) is 6.54 Å². The van der Waals surface area contributed by atoms with Gasteiger partial charge in [-0.15, -0.1) is 0 Å². The molecule has 1 amide bonds. The summed E-state index contributed by atoms with van der Waals surface area (Å²) in [5.41, 5.74) is 0.898. The van der Waals surface area contributed by atoms with E-state index in [-0.39, 0.29) is 11.9 Å². The Bertz CT molecular complexity index is 489. The van der Waals surface area contributed by atoms with E-state index in [0.717, 1.165) is 42.3 Å². The van der Waals surface area contributed by atoms with Crippen LogP contribution in [-0.2, 0) is 4.79 Å². The highest BCUT2D eigenvalue weighted by Gasteiger charge is 2.22. The van der Waals surface area contributed by atoms with E-state index in [0.29, 0.717) is 18.2 Å². The van der Waals surface area contributed by atoms with Crippen molar-refractivity contribution in [3.8, 4) is 5.75 Å². The Balaban J connectivity index is 1.76. The molecule has 116 valence electrons. The number of carbonyl (C=O) groups excluding carboxylic acids is 1. The zero-order chi connectivity index (χ0) is 15.2. The second-order valence-electron chi connectivity index (χ2n) is 5.56. The number of amides is 1. The van der Waals surface area contributed by atoms with Crippen molar-refractivity contribution in [3.63, 3.8) is 0 Å². The van der Waals surface area contributed by atoms with Gasteiger partial charge in [-0.3, -0.25) is 4.79 Å². The van der Waals surface area contributed by atoms with Crippen LogP contribution in [0.2, 0.25) is 0 Å². The molecule has 0 aromatic heterocycles. The maximum Gasteiger partial charge on any atom is 0.220 e. The molecule has 0 bridgehead atoms. The number of halogens is 1. The summed E-state index contributed by atoms with van der Waals surface area (Å²) in [4.78, 5) is 11.6. The van der Waals surface area contributed by atoms with Crippen molar-refractivity contribution in [1.29, 1.82) is 0 Å². The Morgan fingerprint density at radius 2 is 2.24 bits per heavy atom. The lowest BCUT2D eigenvalue weighted by molar-refractivity contribution is -0.121. The monoisotopic (exact) mass is 354 g/mol. The molecular formula is C16H23BrN2O2. The Morgan fingerprint density at radius 3 is 2.90 bits per heavy atom. The summed E-state index contributed by atoms with van der Waals surface area (Å²) in [5.74, 6) is 0.460. The van der Waals surface area contributed by atoms with Gasteiger partial charge in [0.15, 0.2) is 0 Å². The molecule has 1 atom stereocenters. The second-order valence-corrected chi connectivity index (χ2v) is 6.48. The summed E-state index contributed by atoms with van der Waals surface area (Å²) in [6, 6.07) is 6.01. The first-order valence-corrected chi connectivity index (χ1v) is 8.40. The number of rotatable bonds is 8. The molecule has 0 saturated heterocycles. The van der Waals surface area contributed by atoms with Crippen LogP contribution in [0.1, 0.15) is 50.6 Å².